The van der Waals surface area contributed by atoms with Crippen LogP contribution in [0.2, 0.25) is 0 Å². The SMILES string of the molecule is COc1ccc(OC)c(C2C(C#N)=C(N)Oc3cc(C)n(Cc4cc(OC)c(OC)c(OC)c4)c(=O)c32)c1. The number of fused-ring (bicyclic) bond motifs is 1. The summed E-state index contributed by atoms with van der Waals surface area (Å²) in [4.78, 5) is 14.1. The monoisotopic (exact) mass is 519 g/mol. The molecule has 198 valence electrons. The highest BCUT2D eigenvalue weighted by Gasteiger charge is 2.36. The van der Waals surface area contributed by atoms with Crippen LogP contribution in [-0.2, 0) is 6.54 Å². The highest BCUT2D eigenvalue weighted by Crippen LogP contribution is 2.45. The lowest BCUT2D eigenvalue weighted by Crippen LogP contribution is -2.33. The predicted octanol–water partition coefficient (Wildman–Crippen LogP) is 3.47. The zero-order valence-corrected chi connectivity index (χ0v) is 22.1. The van der Waals surface area contributed by atoms with Gasteiger partial charge in [0.15, 0.2) is 11.5 Å². The number of hydrogen-bond acceptors (Lipinski definition) is 9. The van der Waals surface area contributed by atoms with E-state index in [1.807, 2.05) is 0 Å². The van der Waals surface area contributed by atoms with Crippen LogP contribution >= 0.6 is 0 Å². The molecule has 38 heavy (non-hydrogen) atoms. The van der Waals surface area contributed by atoms with E-state index in [0.717, 1.165) is 5.56 Å². The summed E-state index contributed by atoms with van der Waals surface area (Å²) < 4.78 is 34.7. The van der Waals surface area contributed by atoms with E-state index >= 15 is 0 Å². The average molecular weight is 520 g/mol. The number of rotatable bonds is 8. The summed E-state index contributed by atoms with van der Waals surface area (Å²) in [5.74, 6) is 1.76. The molecule has 1 unspecified atom stereocenters. The second-order valence-corrected chi connectivity index (χ2v) is 8.52. The number of ether oxygens (including phenoxy) is 6. The first-order valence-electron chi connectivity index (χ1n) is 11.6. The van der Waals surface area contributed by atoms with Crippen LogP contribution in [0.1, 0.15) is 28.3 Å². The van der Waals surface area contributed by atoms with Crippen molar-refractivity contribution < 1.29 is 28.4 Å². The Labute approximate surface area is 220 Å². The molecular weight excluding hydrogens is 490 g/mol. The fourth-order valence-corrected chi connectivity index (χ4v) is 4.67. The van der Waals surface area contributed by atoms with Gasteiger partial charge in [-0.15, -0.1) is 0 Å². The molecular formula is C28H29N3O7. The maximum atomic E-state index is 14.1. The van der Waals surface area contributed by atoms with Crippen LogP contribution in [0.25, 0.3) is 0 Å². The van der Waals surface area contributed by atoms with Gasteiger partial charge in [-0.3, -0.25) is 4.79 Å². The van der Waals surface area contributed by atoms with Crippen LogP contribution < -0.4 is 39.7 Å². The molecule has 0 spiro atoms. The van der Waals surface area contributed by atoms with Gasteiger partial charge in [0, 0.05) is 17.3 Å². The first kappa shape index (κ1) is 26.3. The first-order chi connectivity index (χ1) is 18.3. The van der Waals surface area contributed by atoms with Crippen molar-refractivity contribution in [3.8, 4) is 40.6 Å². The van der Waals surface area contributed by atoms with Gasteiger partial charge in [0.25, 0.3) is 5.56 Å². The molecule has 1 aliphatic rings. The number of aromatic nitrogens is 1. The number of hydrogen-bond donors (Lipinski definition) is 1. The number of aryl methyl sites for hydroxylation is 1. The Bertz CT molecular complexity index is 1490. The molecule has 2 heterocycles. The molecule has 0 fully saturated rings. The van der Waals surface area contributed by atoms with Crippen LogP contribution in [0.4, 0.5) is 0 Å². The van der Waals surface area contributed by atoms with Crippen LogP contribution in [-0.4, -0.2) is 40.1 Å². The lowest BCUT2D eigenvalue weighted by molar-refractivity contribution is 0.323. The van der Waals surface area contributed by atoms with Gasteiger partial charge in [-0.05, 0) is 42.8 Å². The Morgan fingerprint density at radius 2 is 1.61 bits per heavy atom. The van der Waals surface area contributed by atoms with Crippen molar-refractivity contribution in [1.29, 1.82) is 5.26 Å². The number of nitrogens with two attached hydrogens (primary N) is 1. The molecule has 1 aromatic heterocycles. The summed E-state index contributed by atoms with van der Waals surface area (Å²) in [6, 6.07) is 12.6. The van der Waals surface area contributed by atoms with Gasteiger partial charge < -0.3 is 38.7 Å². The van der Waals surface area contributed by atoms with Gasteiger partial charge in [-0.1, -0.05) is 0 Å². The van der Waals surface area contributed by atoms with Crippen LogP contribution in [0.5, 0.6) is 34.5 Å². The third-order valence-corrected chi connectivity index (χ3v) is 6.50. The Morgan fingerprint density at radius 1 is 0.947 bits per heavy atom. The number of pyridine rings is 1. The molecule has 0 saturated carbocycles. The quantitative estimate of drug-likeness (QED) is 0.476. The van der Waals surface area contributed by atoms with Gasteiger partial charge in [0.1, 0.15) is 28.9 Å². The molecule has 3 aromatic rings. The summed E-state index contributed by atoms with van der Waals surface area (Å²) >= 11 is 0. The van der Waals surface area contributed by atoms with Gasteiger partial charge in [0.2, 0.25) is 11.6 Å². The van der Waals surface area contributed by atoms with Crippen molar-refractivity contribution in [3.63, 3.8) is 0 Å². The molecule has 0 amide bonds. The molecule has 0 radical (unpaired) electrons. The maximum absolute atomic E-state index is 14.1. The van der Waals surface area contributed by atoms with Crippen molar-refractivity contribution in [2.75, 3.05) is 35.5 Å². The van der Waals surface area contributed by atoms with Crippen LogP contribution in [0.15, 0.2) is 52.6 Å². The average Bonchev–Trinajstić information content (AvgIpc) is 2.93. The normalized spacial score (nSPS) is 14.2. The van der Waals surface area contributed by atoms with E-state index in [2.05, 4.69) is 6.07 Å². The predicted molar refractivity (Wildman–Crippen MR) is 139 cm³/mol. The van der Waals surface area contributed by atoms with Crippen molar-refractivity contribution in [2.45, 2.75) is 19.4 Å². The van der Waals surface area contributed by atoms with E-state index in [1.54, 1.807) is 47.9 Å². The Kier molecular flexibility index (Phi) is 7.39. The van der Waals surface area contributed by atoms with Gasteiger partial charge in [-0.25, -0.2) is 0 Å². The lowest BCUT2D eigenvalue weighted by Gasteiger charge is -2.28. The van der Waals surface area contributed by atoms with Crippen molar-refractivity contribution in [3.05, 3.63) is 80.6 Å². The fraction of sp³-hybridized carbons (Fsp3) is 0.286. The lowest BCUT2D eigenvalue weighted by atomic mass is 9.83. The smallest absolute Gasteiger partial charge is 0.259 e. The van der Waals surface area contributed by atoms with E-state index in [-0.39, 0.29) is 34.9 Å². The number of benzene rings is 2. The number of nitrogens with zero attached hydrogens (tertiary/aromatic N) is 2. The highest BCUT2D eigenvalue weighted by molar-refractivity contribution is 5.59. The summed E-state index contributed by atoms with van der Waals surface area (Å²) in [6.45, 7) is 1.99. The zero-order valence-electron chi connectivity index (χ0n) is 22.1. The number of methoxy groups -OCH3 is 5. The maximum Gasteiger partial charge on any atom is 0.259 e. The minimum atomic E-state index is -0.840. The minimum Gasteiger partial charge on any atom is -0.497 e. The standard InChI is InChI=1S/C28H29N3O7/c1-15-9-21-25(28(32)31(15)14-16-10-22(35-4)26(37-6)23(11-16)36-5)24(19(13-29)27(30)38-21)18-12-17(33-2)7-8-20(18)34-3/h7-12,24H,14,30H2,1-6H3. The third-order valence-electron chi connectivity index (χ3n) is 6.50. The molecule has 10 heteroatoms. The summed E-state index contributed by atoms with van der Waals surface area (Å²) in [7, 11) is 7.63. The van der Waals surface area contributed by atoms with Gasteiger partial charge in [0.05, 0.1) is 53.6 Å². The van der Waals surface area contributed by atoms with Crippen molar-refractivity contribution in [2.24, 2.45) is 5.73 Å². The molecule has 0 bridgehead atoms. The van der Waals surface area contributed by atoms with E-state index in [4.69, 9.17) is 34.2 Å². The van der Waals surface area contributed by atoms with Crippen LogP contribution in [0, 0.1) is 18.3 Å². The molecule has 0 saturated heterocycles. The fourth-order valence-electron chi connectivity index (χ4n) is 4.67. The number of nitriles is 1. The third kappa shape index (κ3) is 4.43. The second kappa shape index (κ2) is 10.7. The summed E-state index contributed by atoms with van der Waals surface area (Å²) in [6.07, 6.45) is 0. The highest BCUT2D eigenvalue weighted by atomic mass is 16.5. The number of allylic oxidation sites excluding steroid dienone is 1. The topological polar surface area (TPSA) is 127 Å². The van der Waals surface area contributed by atoms with Crippen LogP contribution in [0.3, 0.4) is 0 Å². The van der Waals surface area contributed by atoms with E-state index < -0.39 is 5.92 Å². The van der Waals surface area contributed by atoms with Gasteiger partial charge in [-0.2, -0.15) is 5.26 Å². The Balaban J connectivity index is 1.94. The molecule has 1 aliphatic heterocycles. The first-order valence-corrected chi connectivity index (χ1v) is 11.6. The van der Waals surface area contributed by atoms with E-state index in [1.165, 1.54) is 35.5 Å². The molecule has 10 nitrogen and oxygen atoms in total. The zero-order chi connectivity index (χ0) is 27.6. The summed E-state index contributed by atoms with van der Waals surface area (Å²) in [5.41, 5.74) is 8.11. The van der Waals surface area contributed by atoms with Gasteiger partial charge >= 0.3 is 0 Å². The molecule has 2 N–H and O–H groups in total. The summed E-state index contributed by atoms with van der Waals surface area (Å²) in [5, 5.41) is 10.0. The minimum absolute atomic E-state index is 0.0731. The molecule has 0 aliphatic carbocycles. The largest absolute Gasteiger partial charge is 0.497 e. The second-order valence-electron chi connectivity index (χ2n) is 8.52. The Hall–Kier alpha value is -4.78. The van der Waals surface area contributed by atoms with E-state index in [9.17, 15) is 10.1 Å². The molecule has 2 aromatic carbocycles. The Morgan fingerprint density at radius 3 is 2.16 bits per heavy atom. The van der Waals surface area contributed by atoms with E-state index in [0.29, 0.717) is 40.0 Å². The molecule has 1 atom stereocenters. The van der Waals surface area contributed by atoms with Crippen molar-refractivity contribution in [1.82, 2.24) is 4.57 Å². The molecule has 4 rings (SSSR count). The van der Waals surface area contributed by atoms with Crippen molar-refractivity contribution >= 4 is 0 Å².